The lowest BCUT2D eigenvalue weighted by Crippen LogP contribution is -2.08. The van der Waals surface area contributed by atoms with E-state index in [0.29, 0.717) is 5.92 Å². The summed E-state index contributed by atoms with van der Waals surface area (Å²) >= 11 is 6.56. The second-order valence-electron chi connectivity index (χ2n) is 5.83. The number of nitro groups is 1. The second kappa shape index (κ2) is 5.12. The SMILES string of the molecule is O=[N+]([O-])c1ccc(CC(Cl)C2C3CCCCC32)cc1. The highest BCUT2D eigenvalue weighted by Crippen LogP contribution is 2.58. The van der Waals surface area contributed by atoms with Crippen LogP contribution in [0.4, 0.5) is 5.69 Å². The van der Waals surface area contributed by atoms with Crippen molar-refractivity contribution in [3.8, 4) is 0 Å². The fourth-order valence-electron chi connectivity index (χ4n) is 3.70. The monoisotopic (exact) mass is 279 g/mol. The first-order chi connectivity index (χ1) is 9.16. The Balaban J connectivity index is 1.60. The van der Waals surface area contributed by atoms with Gasteiger partial charge < -0.3 is 0 Å². The summed E-state index contributed by atoms with van der Waals surface area (Å²) in [4.78, 5) is 10.2. The van der Waals surface area contributed by atoms with Gasteiger partial charge in [-0.3, -0.25) is 10.1 Å². The first kappa shape index (κ1) is 12.9. The molecule has 2 aliphatic carbocycles. The molecule has 0 aliphatic heterocycles. The van der Waals surface area contributed by atoms with Gasteiger partial charge in [0, 0.05) is 17.5 Å². The van der Waals surface area contributed by atoms with Gasteiger partial charge in [0.1, 0.15) is 0 Å². The zero-order chi connectivity index (χ0) is 13.4. The Kier molecular flexibility index (Phi) is 3.48. The lowest BCUT2D eigenvalue weighted by atomic mass is 10.0. The molecule has 0 N–H and O–H groups in total. The molecule has 3 nitrogen and oxygen atoms in total. The lowest BCUT2D eigenvalue weighted by Gasteiger charge is -2.09. The molecule has 3 unspecified atom stereocenters. The van der Waals surface area contributed by atoms with Crippen molar-refractivity contribution in [2.45, 2.75) is 37.5 Å². The molecular formula is C15H18ClNO2. The summed E-state index contributed by atoms with van der Waals surface area (Å²) in [6.45, 7) is 0. The van der Waals surface area contributed by atoms with Crippen LogP contribution in [-0.4, -0.2) is 10.3 Å². The van der Waals surface area contributed by atoms with Crippen LogP contribution in [0.15, 0.2) is 24.3 Å². The molecule has 0 amide bonds. The van der Waals surface area contributed by atoms with Gasteiger partial charge in [0.15, 0.2) is 0 Å². The maximum Gasteiger partial charge on any atom is 0.269 e. The fraction of sp³-hybridized carbons (Fsp3) is 0.600. The number of halogens is 1. The number of non-ortho nitro benzene ring substituents is 1. The number of fused-ring (bicyclic) bond motifs is 1. The molecule has 0 aromatic heterocycles. The van der Waals surface area contributed by atoms with Crippen molar-refractivity contribution >= 4 is 17.3 Å². The molecule has 4 heteroatoms. The highest BCUT2D eigenvalue weighted by atomic mass is 35.5. The maximum atomic E-state index is 10.6. The lowest BCUT2D eigenvalue weighted by molar-refractivity contribution is -0.384. The van der Waals surface area contributed by atoms with Crippen LogP contribution in [0.3, 0.4) is 0 Å². The minimum atomic E-state index is -0.364. The molecule has 2 aliphatic rings. The van der Waals surface area contributed by atoms with Crippen LogP contribution in [0.25, 0.3) is 0 Å². The molecule has 2 saturated carbocycles. The molecular weight excluding hydrogens is 262 g/mol. The molecule has 3 rings (SSSR count). The number of hydrogen-bond acceptors (Lipinski definition) is 2. The van der Waals surface area contributed by atoms with Crippen molar-refractivity contribution in [2.75, 3.05) is 0 Å². The van der Waals surface area contributed by atoms with Crippen LogP contribution in [0.1, 0.15) is 31.2 Å². The van der Waals surface area contributed by atoms with Crippen LogP contribution < -0.4 is 0 Å². The molecule has 19 heavy (non-hydrogen) atoms. The minimum absolute atomic E-state index is 0.148. The zero-order valence-electron chi connectivity index (χ0n) is 10.8. The highest BCUT2D eigenvalue weighted by Gasteiger charge is 2.53. The Morgan fingerprint density at radius 1 is 1.21 bits per heavy atom. The van der Waals surface area contributed by atoms with E-state index >= 15 is 0 Å². The van der Waals surface area contributed by atoms with Gasteiger partial charge in [0.2, 0.25) is 0 Å². The molecule has 1 aromatic rings. The summed E-state index contributed by atoms with van der Waals surface area (Å²) in [5.74, 6) is 2.39. The average molecular weight is 280 g/mol. The van der Waals surface area contributed by atoms with Gasteiger partial charge in [-0.2, -0.15) is 0 Å². The Labute approximate surface area is 118 Å². The van der Waals surface area contributed by atoms with Crippen LogP contribution in [-0.2, 0) is 6.42 Å². The van der Waals surface area contributed by atoms with Gasteiger partial charge >= 0.3 is 0 Å². The third kappa shape index (κ3) is 2.62. The average Bonchev–Trinajstić information content (AvgIpc) is 3.13. The quantitative estimate of drug-likeness (QED) is 0.471. The van der Waals surface area contributed by atoms with Crippen molar-refractivity contribution in [3.05, 3.63) is 39.9 Å². The predicted molar refractivity (Wildman–Crippen MR) is 75.4 cm³/mol. The van der Waals surface area contributed by atoms with Crippen LogP contribution in [0.5, 0.6) is 0 Å². The maximum absolute atomic E-state index is 10.6. The number of nitro benzene ring substituents is 1. The topological polar surface area (TPSA) is 43.1 Å². The smallest absolute Gasteiger partial charge is 0.258 e. The van der Waals surface area contributed by atoms with E-state index in [0.717, 1.165) is 23.8 Å². The van der Waals surface area contributed by atoms with Crippen LogP contribution in [0.2, 0.25) is 0 Å². The van der Waals surface area contributed by atoms with Crippen molar-refractivity contribution in [1.29, 1.82) is 0 Å². The number of nitrogens with zero attached hydrogens (tertiary/aromatic N) is 1. The van der Waals surface area contributed by atoms with Gasteiger partial charge in [-0.15, -0.1) is 11.6 Å². The van der Waals surface area contributed by atoms with E-state index in [1.54, 1.807) is 12.1 Å². The van der Waals surface area contributed by atoms with E-state index in [1.807, 2.05) is 12.1 Å². The molecule has 0 bridgehead atoms. The van der Waals surface area contributed by atoms with Crippen molar-refractivity contribution < 1.29 is 4.92 Å². The predicted octanol–water partition coefficient (Wildman–Crippen LogP) is 4.18. The summed E-state index contributed by atoms with van der Waals surface area (Å²) in [7, 11) is 0. The Bertz CT molecular complexity index is 462. The molecule has 0 heterocycles. The summed E-state index contributed by atoms with van der Waals surface area (Å²) in [5.41, 5.74) is 1.25. The van der Waals surface area contributed by atoms with Gasteiger partial charge in [-0.05, 0) is 42.6 Å². The molecule has 0 saturated heterocycles. The van der Waals surface area contributed by atoms with Crippen molar-refractivity contribution in [3.63, 3.8) is 0 Å². The largest absolute Gasteiger partial charge is 0.269 e. The van der Waals surface area contributed by atoms with Gasteiger partial charge in [-0.25, -0.2) is 0 Å². The highest BCUT2D eigenvalue weighted by molar-refractivity contribution is 6.21. The van der Waals surface area contributed by atoms with Crippen LogP contribution in [0, 0.1) is 27.9 Å². The molecule has 0 spiro atoms. The van der Waals surface area contributed by atoms with E-state index in [-0.39, 0.29) is 16.0 Å². The number of alkyl halides is 1. The van der Waals surface area contributed by atoms with Gasteiger partial charge in [0.25, 0.3) is 5.69 Å². The van der Waals surface area contributed by atoms with Crippen molar-refractivity contribution in [1.82, 2.24) is 0 Å². The number of benzene rings is 1. The van der Waals surface area contributed by atoms with E-state index in [2.05, 4.69) is 0 Å². The van der Waals surface area contributed by atoms with Gasteiger partial charge in [-0.1, -0.05) is 25.0 Å². The number of rotatable bonds is 4. The molecule has 0 radical (unpaired) electrons. The first-order valence-corrected chi connectivity index (χ1v) is 7.48. The normalized spacial score (nSPS) is 30.5. The Morgan fingerprint density at radius 2 is 1.79 bits per heavy atom. The van der Waals surface area contributed by atoms with Crippen molar-refractivity contribution in [2.24, 2.45) is 17.8 Å². The zero-order valence-corrected chi connectivity index (χ0v) is 11.6. The third-order valence-corrected chi connectivity index (χ3v) is 5.16. The molecule has 3 atom stereocenters. The second-order valence-corrected chi connectivity index (χ2v) is 6.39. The van der Waals surface area contributed by atoms with Gasteiger partial charge in [0.05, 0.1) is 4.92 Å². The fourth-order valence-corrected chi connectivity index (χ4v) is 4.25. The number of hydrogen-bond donors (Lipinski definition) is 0. The van der Waals surface area contributed by atoms with E-state index in [9.17, 15) is 10.1 Å². The van der Waals surface area contributed by atoms with Crippen LogP contribution >= 0.6 is 11.6 Å². The molecule has 2 fully saturated rings. The summed E-state index contributed by atoms with van der Waals surface area (Å²) < 4.78 is 0. The Morgan fingerprint density at radius 3 is 2.32 bits per heavy atom. The Hall–Kier alpha value is -1.09. The summed E-state index contributed by atoms with van der Waals surface area (Å²) in [6, 6.07) is 6.80. The van der Waals surface area contributed by atoms with E-state index in [1.165, 1.54) is 25.7 Å². The van der Waals surface area contributed by atoms with E-state index in [4.69, 9.17) is 11.6 Å². The first-order valence-electron chi connectivity index (χ1n) is 7.04. The summed E-state index contributed by atoms with van der Waals surface area (Å²) in [5, 5.41) is 10.8. The standard InChI is InChI=1S/C15H18ClNO2/c16-14(15-12-3-1-2-4-13(12)15)9-10-5-7-11(8-6-10)17(18)19/h5-8,12-15H,1-4,9H2. The minimum Gasteiger partial charge on any atom is -0.258 e. The third-order valence-electron chi connectivity index (χ3n) is 4.72. The molecule has 1 aromatic carbocycles. The molecule has 102 valence electrons. The summed E-state index contributed by atoms with van der Waals surface area (Å²) in [6.07, 6.45) is 6.24. The van der Waals surface area contributed by atoms with E-state index < -0.39 is 0 Å².